The van der Waals surface area contributed by atoms with Crippen molar-refractivity contribution in [3.05, 3.63) is 78.4 Å². The third kappa shape index (κ3) is 3.54. The second-order valence-electron chi connectivity index (χ2n) is 5.84. The molecule has 0 radical (unpaired) electrons. The van der Waals surface area contributed by atoms with Gasteiger partial charge in [-0.1, -0.05) is 48.5 Å². The molecule has 0 fully saturated rings. The summed E-state index contributed by atoms with van der Waals surface area (Å²) >= 11 is 1.61. The first-order valence-electron chi connectivity index (χ1n) is 8.12. The molecule has 0 saturated carbocycles. The smallest absolute Gasteiger partial charge is 0.234 e. The van der Waals surface area contributed by atoms with E-state index in [-0.39, 0.29) is 5.91 Å². The number of hydrogen-bond donors (Lipinski definition) is 1. The Morgan fingerprint density at radius 3 is 2.52 bits per heavy atom. The van der Waals surface area contributed by atoms with E-state index >= 15 is 0 Å². The number of para-hydroxylation sites is 1. The number of carbonyl (C=O) groups excluding carboxylic acids is 1. The summed E-state index contributed by atoms with van der Waals surface area (Å²) in [6.45, 7) is 0. The van der Waals surface area contributed by atoms with Gasteiger partial charge in [-0.05, 0) is 23.8 Å². The highest BCUT2D eigenvalue weighted by Gasteiger charge is 2.08. The predicted molar refractivity (Wildman–Crippen MR) is 105 cm³/mol. The summed E-state index contributed by atoms with van der Waals surface area (Å²) in [6.07, 6.45) is 0. The van der Waals surface area contributed by atoms with Crippen molar-refractivity contribution in [1.29, 1.82) is 0 Å². The first-order valence-corrected chi connectivity index (χ1v) is 9.28. The first-order chi connectivity index (χ1) is 12.3. The Kier molecular flexibility index (Phi) is 4.44. The number of amides is 1. The van der Waals surface area contributed by atoms with E-state index < -0.39 is 0 Å². The van der Waals surface area contributed by atoms with Crippen LogP contribution in [0.3, 0.4) is 0 Å². The number of furan rings is 1. The summed E-state index contributed by atoms with van der Waals surface area (Å²) in [7, 11) is 0. The monoisotopic (exact) mass is 347 g/mol. The topological polar surface area (TPSA) is 42.2 Å². The largest absolute Gasteiger partial charge is 0.456 e. The van der Waals surface area contributed by atoms with Gasteiger partial charge in [-0.2, -0.15) is 0 Å². The molecule has 124 valence electrons. The molecule has 25 heavy (non-hydrogen) atoms. The van der Waals surface area contributed by atoms with Crippen LogP contribution in [0.5, 0.6) is 0 Å². The molecule has 4 aromatic rings. The Morgan fingerprint density at radius 1 is 0.880 bits per heavy atom. The molecule has 0 aliphatic carbocycles. The lowest BCUT2D eigenvalue weighted by atomic mass is 10.1. The lowest BCUT2D eigenvalue weighted by molar-refractivity contribution is -0.113. The average molecular weight is 347 g/mol. The van der Waals surface area contributed by atoms with Crippen molar-refractivity contribution in [2.24, 2.45) is 0 Å². The molecule has 1 amide bonds. The van der Waals surface area contributed by atoms with Gasteiger partial charge in [0.15, 0.2) is 0 Å². The van der Waals surface area contributed by atoms with Crippen LogP contribution in [-0.4, -0.2) is 11.7 Å². The summed E-state index contributed by atoms with van der Waals surface area (Å²) in [4.78, 5) is 12.1. The van der Waals surface area contributed by atoms with E-state index in [9.17, 15) is 4.79 Å². The van der Waals surface area contributed by atoms with Crippen molar-refractivity contribution in [1.82, 2.24) is 0 Å². The Labute approximate surface area is 150 Å². The van der Waals surface area contributed by atoms with Crippen molar-refractivity contribution in [2.45, 2.75) is 5.75 Å². The molecule has 1 heterocycles. The first kappa shape index (κ1) is 15.8. The predicted octanol–water partition coefficient (Wildman–Crippen LogP) is 5.46. The van der Waals surface area contributed by atoms with Gasteiger partial charge in [-0.25, -0.2) is 0 Å². The van der Waals surface area contributed by atoms with Crippen LogP contribution in [0.1, 0.15) is 5.56 Å². The van der Waals surface area contributed by atoms with Gasteiger partial charge in [0.2, 0.25) is 5.91 Å². The molecule has 4 heteroatoms. The number of rotatable bonds is 5. The minimum absolute atomic E-state index is 0.00334. The van der Waals surface area contributed by atoms with Crippen LogP contribution in [-0.2, 0) is 10.5 Å². The maximum atomic E-state index is 12.1. The number of benzene rings is 3. The fourth-order valence-electron chi connectivity index (χ4n) is 2.84. The minimum Gasteiger partial charge on any atom is -0.456 e. The van der Waals surface area contributed by atoms with Crippen LogP contribution >= 0.6 is 11.8 Å². The van der Waals surface area contributed by atoms with E-state index in [0.29, 0.717) is 5.75 Å². The second kappa shape index (κ2) is 7.03. The molecule has 0 saturated heterocycles. The molecule has 0 aliphatic rings. The van der Waals surface area contributed by atoms with Crippen molar-refractivity contribution in [3.63, 3.8) is 0 Å². The molecule has 0 unspecified atom stereocenters. The lowest BCUT2D eigenvalue weighted by Gasteiger charge is -2.05. The Hall–Kier alpha value is -2.72. The van der Waals surface area contributed by atoms with Crippen molar-refractivity contribution >= 4 is 45.3 Å². The van der Waals surface area contributed by atoms with Gasteiger partial charge in [0.25, 0.3) is 0 Å². The van der Waals surface area contributed by atoms with Crippen LogP contribution < -0.4 is 5.32 Å². The molecule has 0 aliphatic heterocycles. The summed E-state index contributed by atoms with van der Waals surface area (Å²) in [5, 5.41) is 5.10. The molecule has 0 spiro atoms. The standard InChI is InChI=1S/C21H17NO2S/c23-21(14-25-13-15-6-2-1-3-7-15)22-16-10-11-18-17-8-4-5-9-19(17)24-20(18)12-16/h1-12H,13-14H2,(H,22,23). The maximum absolute atomic E-state index is 12.1. The Balaban J connectivity index is 1.41. The van der Waals surface area contributed by atoms with Crippen LogP contribution in [0, 0.1) is 0 Å². The zero-order valence-electron chi connectivity index (χ0n) is 13.6. The number of hydrogen-bond acceptors (Lipinski definition) is 3. The molecule has 1 aromatic heterocycles. The van der Waals surface area contributed by atoms with Crippen molar-refractivity contribution in [2.75, 3.05) is 11.1 Å². The van der Waals surface area contributed by atoms with Gasteiger partial charge >= 0.3 is 0 Å². The number of thioether (sulfide) groups is 1. The SMILES string of the molecule is O=C(CSCc1ccccc1)Nc1ccc2c(c1)oc1ccccc12. The van der Waals surface area contributed by atoms with Crippen LogP contribution in [0.4, 0.5) is 5.69 Å². The number of fused-ring (bicyclic) bond motifs is 3. The van der Waals surface area contributed by atoms with E-state index in [0.717, 1.165) is 33.4 Å². The summed E-state index contributed by atoms with van der Waals surface area (Å²) in [6, 6.07) is 23.9. The van der Waals surface area contributed by atoms with Gasteiger partial charge in [-0.15, -0.1) is 11.8 Å². The quantitative estimate of drug-likeness (QED) is 0.521. The van der Waals surface area contributed by atoms with Gasteiger partial charge in [-0.3, -0.25) is 4.79 Å². The zero-order valence-corrected chi connectivity index (χ0v) is 14.4. The normalized spacial score (nSPS) is 11.0. The lowest BCUT2D eigenvalue weighted by Crippen LogP contribution is -2.14. The second-order valence-corrected chi connectivity index (χ2v) is 6.82. The molecule has 1 N–H and O–H groups in total. The van der Waals surface area contributed by atoms with Crippen LogP contribution in [0.15, 0.2) is 77.2 Å². The number of anilines is 1. The number of carbonyl (C=O) groups is 1. The van der Waals surface area contributed by atoms with E-state index in [1.54, 1.807) is 11.8 Å². The minimum atomic E-state index is -0.00334. The van der Waals surface area contributed by atoms with Gasteiger partial charge in [0.05, 0.1) is 5.75 Å². The summed E-state index contributed by atoms with van der Waals surface area (Å²) in [5.41, 5.74) is 3.64. The fourth-order valence-corrected chi connectivity index (χ4v) is 3.62. The molecular formula is C21H17NO2S. The molecule has 0 bridgehead atoms. The highest BCUT2D eigenvalue weighted by Crippen LogP contribution is 2.30. The average Bonchev–Trinajstić information content (AvgIpc) is 3.00. The molecule has 4 rings (SSSR count). The van der Waals surface area contributed by atoms with Crippen LogP contribution in [0.2, 0.25) is 0 Å². The van der Waals surface area contributed by atoms with Gasteiger partial charge in [0, 0.05) is 28.3 Å². The zero-order chi connectivity index (χ0) is 17.1. The summed E-state index contributed by atoms with van der Waals surface area (Å²) < 4.78 is 5.86. The third-order valence-corrected chi connectivity index (χ3v) is 5.01. The van der Waals surface area contributed by atoms with E-state index in [2.05, 4.69) is 17.4 Å². The van der Waals surface area contributed by atoms with Crippen molar-refractivity contribution < 1.29 is 9.21 Å². The Morgan fingerprint density at radius 2 is 1.64 bits per heavy atom. The van der Waals surface area contributed by atoms with Gasteiger partial charge in [0.1, 0.15) is 11.2 Å². The highest BCUT2D eigenvalue weighted by molar-refractivity contribution is 7.99. The molecule has 0 atom stereocenters. The fraction of sp³-hybridized carbons (Fsp3) is 0.0952. The maximum Gasteiger partial charge on any atom is 0.234 e. The Bertz CT molecular complexity index is 1020. The summed E-state index contributed by atoms with van der Waals surface area (Å²) in [5.74, 6) is 1.25. The molecule has 3 aromatic carbocycles. The highest BCUT2D eigenvalue weighted by atomic mass is 32.2. The van der Waals surface area contributed by atoms with E-state index in [1.807, 2.05) is 60.7 Å². The molecule has 3 nitrogen and oxygen atoms in total. The van der Waals surface area contributed by atoms with E-state index in [4.69, 9.17) is 4.42 Å². The van der Waals surface area contributed by atoms with Gasteiger partial charge < -0.3 is 9.73 Å². The third-order valence-electron chi connectivity index (χ3n) is 4.01. The van der Waals surface area contributed by atoms with E-state index in [1.165, 1.54) is 5.56 Å². The molecular weight excluding hydrogens is 330 g/mol. The number of nitrogens with one attached hydrogen (secondary N) is 1. The van der Waals surface area contributed by atoms with Crippen LogP contribution in [0.25, 0.3) is 21.9 Å². The van der Waals surface area contributed by atoms with Crippen molar-refractivity contribution in [3.8, 4) is 0 Å².